The molecule has 0 atom stereocenters. The number of hydrogen-bond acceptors (Lipinski definition) is 3. The van der Waals surface area contributed by atoms with Crippen molar-refractivity contribution in [1.29, 1.82) is 0 Å². The number of carbonyl (C=O) groups is 1. The molecule has 3 aromatic carbocycles. The zero-order valence-electron chi connectivity index (χ0n) is 13.9. The van der Waals surface area contributed by atoms with Crippen LogP contribution in [0.5, 0.6) is 0 Å². The van der Waals surface area contributed by atoms with Gasteiger partial charge >= 0.3 is 5.63 Å². The highest BCUT2D eigenvalue weighted by atomic mass is 16.4. The second-order valence-electron chi connectivity index (χ2n) is 6.52. The van der Waals surface area contributed by atoms with Crippen LogP contribution in [0.2, 0.25) is 0 Å². The molecule has 0 aliphatic heterocycles. The molecular weight excluding hydrogens is 324 g/mol. The topological polar surface area (TPSA) is 47.3 Å². The van der Waals surface area contributed by atoms with E-state index in [0.29, 0.717) is 11.1 Å². The molecule has 0 unspecified atom stereocenters. The van der Waals surface area contributed by atoms with Gasteiger partial charge in [0.05, 0.1) is 0 Å². The maximum atomic E-state index is 12.9. The fourth-order valence-corrected chi connectivity index (χ4v) is 3.66. The van der Waals surface area contributed by atoms with Crippen LogP contribution in [-0.2, 0) is 6.42 Å². The Kier molecular flexibility index (Phi) is 3.16. The van der Waals surface area contributed by atoms with Gasteiger partial charge in [-0.3, -0.25) is 4.79 Å². The Morgan fingerprint density at radius 1 is 0.808 bits per heavy atom. The van der Waals surface area contributed by atoms with Gasteiger partial charge < -0.3 is 4.42 Å². The Bertz CT molecular complexity index is 1250. The van der Waals surface area contributed by atoms with Crippen molar-refractivity contribution in [2.75, 3.05) is 0 Å². The third-order valence-corrected chi connectivity index (χ3v) is 4.94. The minimum Gasteiger partial charge on any atom is -0.422 e. The highest BCUT2D eigenvalue weighted by Gasteiger charge is 2.21. The number of ketones is 1. The van der Waals surface area contributed by atoms with Gasteiger partial charge in [0.25, 0.3) is 0 Å². The van der Waals surface area contributed by atoms with E-state index < -0.39 is 5.63 Å². The Morgan fingerprint density at radius 3 is 2.50 bits per heavy atom. The van der Waals surface area contributed by atoms with Gasteiger partial charge in [-0.05, 0) is 46.9 Å². The largest absolute Gasteiger partial charge is 0.422 e. The molecule has 0 saturated carbocycles. The van der Waals surface area contributed by atoms with Gasteiger partial charge in [0.2, 0.25) is 0 Å². The third kappa shape index (κ3) is 2.21. The number of hydrogen-bond donors (Lipinski definition) is 0. The van der Waals surface area contributed by atoms with Gasteiger partial charge in [-0.25, -0.2) is 4.79 Å². The van der Waals surface area contributed by atoms with Crippen molar-refractivity contribution in [3.05, 3.63) is 105 Å². The number of para-hydroxylation sites is 1. The first-order chi connectivity index (χ1) is 12.7. The van der Waals surface area contributed by atoms with E-state index in [0.717, 1.165) is 22.9 Å². The molecule has 1 aliphatic rings. The number of carbonyl (C=O) groups excluding carboxylic acids is 1. The molecule has 124 valence electrons. The maximum absolute atomic E-state index is 12.9. The Morgan fingerprint density at radius 2 is 1.58 bits per heavy atom. The van der Waals surface area contributed by atoms with E-state index in [2.05, 4.69) is 12.1 Å². The minimum absolute atomic E-state index is 0.0687. The van der Waals surface area contributed by atoms with Gasteiger partial charge in [0.15, 0.2) is 5.78 Å². The lowest BCUT2D eigenvalue weighted by molar-refractivity contribution is 0.103. The van der Waals surface area contributed by atoms with E-state index in [1.807, 2.05) is 36.4 Å². The second kappa shape index (κ2) is 5.53. The van der Waals surface area contributed by atoms with Crippen LogP contribution >= 0.6 is 0 Å². The van der Waals surface area contributed by atoms with E-state index >= 15 is 0 Å². The van der Waals surface area contributed by atoms with Crippen molar-refractivity contribution in [3.63, 3.8) is 0 Å². The summed E-state index contributed by atoms with van der Waals surface area (Å²) < 4.78 is 5.30. The zero-order valence-corrected chi connectivity index (χ0v) is 13.9. The smallest absolute Gasteiger partial charge is 0.347 e. The molecule has 0 bridgehead atoms. The van der Waals surface area contributed by atoms with Crippen LogP contribution in [0.15, 0.2) is 82.0 Å². The number of rotatable bonds is 2. The quantitative estimate of drug-likeness (QED) is 0.349. The highest BCUT2D eigenvalue weighted by Crippen LogP contribution is 2.36. The molecule has 0 fully saturated rings. The lowest BCUT2D eigenvalue weighted by Gasteiger charge is -2.05. The van der Waals surface area contributed by atoms with Crippen molar-refractivity contribution < 1.29 is 9.21 Å². The first kappa shape index (κ1) is 14.8. The average Bonchev–Trinajstić information content (AvgIpc) is 3.04. The Labute approximate surface area is 149 Å². The second-order valence-corrected chi connectivity index (χ2v) is 6.52. The van der Waals surface area contributed by atoms with E-state index in [1.165, 1.54) is 11.1 Å². The number of fused-ring (bicyclic) bond motifs is 4. The van der Waals surface area contributed by atoms with Gasteiger partial charge in [-0.2, -0.15) is 0 Å². The molecule has 26 heavy (non-hydrogen) atoms. The van der Waals surface area contributed by atoms with Crippen LogP contribution in [-0.4, -0.2) is 5.78 Å². The zero-order chi connectivity index (χ0) is 17.7. The summed E-state index contributed by atoms with van der Waals surface area (Å²) in [7, 11) is 0. The first-order valence-corrected chi connectivity index (χ1v) is 8.49. The van der Waals surface area contributed by atoms with Crippen molar-refractivity contribution >= 4 is 16.8 Å². The Balaban J connectivity index is 1.59. The molecule has 0 spiro atoms. The molecule has 1 heterocycles. The molecule has 1 aromatic heterocycles. The predicted molar refractivity (Wildman–Crippen MR) is 101 cm³/mol. The van der Waals surface area contributed by atoms with Crippen molar-refractivity contribution in [2.24, 2.45) is 0 Å². The van der Waals surface area contributed by atoms with Crippen molar-refractivity contribution in [2.45, 2.75) is 6.42 Å². The Hall–Kier alpha value is -3.46. The molecule has 0 amide bonds. The van der Waals surface area contributed by atoms with Crippen LogP contribution in [0.1, 0.15) is 27.0 Å². The molecule has 0 saturated heterocycles. The lowest BCUT2D eigenvalue weighted by Crippen LogP contribution is -2.14. The molecule has 0 N–H and O–H groups in total. The summed E-state index contributed by atoms with van der Waals surface area (Å²) in [5, 5.41) is 0.740. The van der Waals surface area contributed by atoms with Gasteiger partial charge in [-0.15, -0.1) is 0 Å². The third-order valence-electron chi connectivity index (χ3n) is 4.94. The maximum Gasteiger partial charge on any atom is 0.347 e. The van der Waals surface area contributed by atoms with E-state index in [9.17, 15) is 9.59 Å². The minimum atomic E-state index is -0.600. The molecule has 4 aromatic rings. The molecule has 5 rings (SSSR count). The molecule has 3 nitrogen and oxygen atoms in total. The molecule has 1 aliphatic carbocycles. The van der Waals surface area contributed by atoms with Gasteiger partial charge in [0.1, 0.15) is 11.1 Å². The number of benzene rings is 3. The summed E-state index contributed by atoms with van der Waals surface area (Å²) in [6.45, 7) is 0. The SMILES string of the molecule is O=C(c1ccc2c(c1)Cc1ccccc1-2)c1cc2ccccc2oc1=O. The fraction of sp³-hybridized carbons (Fsp3) is 0.0435. The van der Waals surface area contributed by atoms with Crippen LogP contribution in [0.25, 0.3) is 22.1 Å². The summed E-state index contributed by atoms with van der Waals surface area (Å²) in [6.07, 6.45) is 0.805. The summed E-state index contributed by atoms with van der Waals surface area (Å²) in [5.74, 6) is -0.303. The predicted octanol–water partition coefficient (Wildman–Crippen LogP) is 4.60. The van der Waals surface area contributed by atoms with E-state index in [-0.39, 0.29) is 11.3 Å². The van der Waals surface area contributed by atoms with E-state index in [4.69, 9.17) is 4.42 Å². The van der Waals surface area contributed by atoms with Crippen LogP contribution in [0.4, 0.5) is 0 Å². The van der Waals surface area contributed by atoms with Gasteiger partial charge in [0, 0.05) is 10.9 Å². The highest BCUT2D eigenvalue weighted by molar-refractivity contribution is 6.10. The molecular formula is C23H14O3. The van der Waals surface area contributed by atoms with Crippen LogP contribution in [0.3, 0.4) is 0 Å². The standard InChI is InChI=1S/C23H14O3/c24-22(20-13-15-6-2-4-8-21(15)26-23(20)25)16-9-10-19-17(12-16)11-14-5-1-3-7-18(14)19/h1-10,12-13H,11H2. The van der Waals surface area contributed by atoms with E-state index in [1.54, 1.807) is 24.3 Å². The molecule has 0 radical (unpaired) electrons. The summed E-state index contributed by atoms with van der Waals surface area (Å²) >= 11 is 0. The normalized spacial score (nSPS) is 12.0. The summed E-state index contributed by atoms with van der Waals surface area (Å²) in [6, 6.07) is 22.7. The lowest BCUT2D eigenvalue weighted by atomic mass is 9.98. The summed E-state index contributed by atoms with van der Waals surface area (Å²) in [4.78, 5) is 25.2. The van der Waals surface area contributed by atoms with Crippen LogP contribution in [0, 0.1) is 0 Å². The molecule has 3 heteroatoms. The van der Waals surface area contributed by atoms with Gasteiger partial charge in [-0.1, -0.05) is 54.6 Å². The first-order valence-electron chi connectivity index (χ1n) is 8.49. The monoisotopic (exact) mass is 338 g/mol. The van der Waals surface area contributed by atoms with Crippen LogP contribution < -0.4 is 5.63 Å². The fourth-order valence-electron chi connectivity index (χ4n) is 3.66. The van der Waals surface area contributed by atoms with Crippen molar-refractivity contribution in [1.82, 2.24) is 0 Å². The van der Waals surface area contributed by atoms with Crippen molar-refractivity contribution in [3.8, 4) is 11.1 Å². The summed E-state index contributed by atoms with van der Waals surface area (Å²) in [5.41, 5.74) is 5.21. The average molecular weight is 338 g/mol.